The number of halogens is 1. The summed E-state index contributed by atoms with van der Waals surface area (Å²) in [5.41, 5.74) is 3.62. The summed E-state index contributed by atoms with van der Waals surface area (Å²) in [6.07, 6.45) is 0. The van der Waals surface area contributed by atoms with Gasteiger partial charge in [-0.05, 0) is 39.0 Å². The van der Waals surface area contributed by atoms with E-state index in [1.807, 2.05) is 80.1 Å². The average molecular weight is 423 g/mol. The summed E-state index contributed by atoms with van der Waals surface area (Å²) in [5.74, 6) is 1.28. The van der Waals surface area contributed by atoms with Crippen molar-refractivity contribution in [2.24, 2.45) is 0 Å². The smallest absolute Gasteiger partial charge is 0.320 e. The highest BCUT2D eigenvalue weighted by atomic mass is 35.5. The first-order valence-electron chi connectivity index (χ1n) is 9.78. The van der Waals surface area contributed by atoms with Crippen molar-refractivity contribution in [3.05, 3.63) is 70.9 Å². The van der Waals surface area contributed by atoms with E-state index in [1.54, 1.807) is 0 Å². The molecule has 2 aromatic heterocycles. The lowest BCUT2D eigenvalue weighted by Gasteiger charge is -2.08. The third-order valence-corrected chi connectivity index (χ3v) is 4.90. The van der Waals surface area contributed by atoms with Gasteiger partial charge in [0.2, 0.25) is 0 Å². The number of hydrogen-bond acceptors (Lipinski definition) is 3. The summed E-state index contributed by atoms with van der Waals surface area (Å²) in [5, 5.41) is 11.6. The molecule has 0 aliphatic rings. The zero-order valence-corrected chi connectivity index (χ0v) is 17.8. The van der Waals surface area contributed by atoms with Gasteiger partial charge in [0.25, 0.3) is 0 Å². The summed E-state index contributed by atoms with van der Waals surface area (Å²) < 4.78 is 8.01. The molecule has 2 amide bonds. The highest BCUT2D eigenvalue weighted by molar-refractivity contribution is 6.31. The van der Waals surface area contributed by atoms with E-state index in [4.69, 9.17) is 16.0 Å². The van der Waals surface area contributed by atoms with Gasteiger partial charge in [0.05, 0.1) is 6.54 Å². The number of hydrogen-bond donors (Lipinski definition) is 2. The Morgan fingerprint density at radius 2 is 1.93 bits per heavy atom. The van der Waals surface area contributed by atoms with E-state index < -0.39 is 0 Å². The van der Waals surface area contributed by atoms with Crippen molar-refractivity contribution in [1.29, 1.82) is 0 Å². The number of anilines is 1. The van der Waals surface area contributed by atoms with Crippen molar-refractivity contribution in [2.75, 3.05) is 5.32 Å². The zero-order chi connectivity index (χ0) is 21.3. The SMILES string of the molecule is Cc1cc(NC(=O)NC(C)C)nn1Cc1cc(Cl)cc2cc(-c3ccccc3)oc12. The molecule has 0 aliphatic carbocycles. The fraction of sp³-hybridized carbons (Fsp3) is 0.217. The Morgan fingerprint density at radius 3 is 2.67 bits per heavy atom. The van der Waals surface area contributed by atoms with E-state index in [2.05, 4.69) is 15.7 Å². The van der Waals surface area contributed by atoms with Gasteiger partial charge in [0.15, 0.2) is 5.82 Å². The van der Waals surface area contributed by atoms with Crippen molar-refractivity contribution in [3.8, 4) is 11.3 Å². The van der Waals surface area contributed by atoms with Gasteiger partial charge in [0, 0.05) is 39.3 Å². The Hall–Kier alpha value is -3.25. The van der Waals surface area contributed by atoms with Crippen LogP contribution in [0.4, 0.5) is 10.6 Å². The Kier molecular flexibility index (Phi) is 5.50. The van der Waals surface area contributed by atoms with Crippen molar-refractivity contribution in [1.82, 2.24) is 15.1 Å². The highest BCUT2D eigenvalue weighted by Crippen LogP contribution is 2.32. The maximum atomic E-state index is 12.0. The number of furan rings is 1. The van der Waals surface area contributed by atoms with E-state index >= 15 is 0 Å². The van der Waals surface area contributed by atoms with Gasteiger partial charge in [-0.15, -0.1) is 0 Å². The van der Waals surface area contributed by atoms with Gasteiger partial charge in [-0.2, -0.15) is 5.10 Å². The van der Waals surface area contributed by atoms with Crippen molar-refractivity contribution >= 4 is 34.4 Å². The minimum absolute atomic E-state index is 0.0469. The van der Waals surface area contributed by atoms with Crippen molar-refractivity contribution < 1.29 is 9.21 Å². The molecule has 6 nitrogen and oxygen atoms in total. The molecule has 0 fully saturated rings. The molecule has 0 radical (unpaired) electrons. The predicted molar refractivity (Wildman–Crippen MR) is 120 cm³/mol. The molecule has 154 valence electrons. The number of rotatable bonds is 5. The third-order valence-electron chi connectivity index (χ3n) is 4.68. The lowest BCUT2D eigenvalue weighted by atomic mass is 10.1. The maximum absolute atomic E-state index is 12.0. The Labute approximate surface area is 179 Å². The number of carbonyl (C=O) groups excluding carboxylic acids is 1. The molecule has 2 N–H and O–H groups in total. The summed E-state index contributed by atoms with van der Waals surface area (Å²) in [7, 11) is 0. The van der Waals surface area contributed by atoms with Crippen LogP contribution in [0.1, 0.15) is 25.1 Å². The Bertz CT molecular complexity index is 1190. The molecule has 0 bridgehead atoms. The molecule has 0 aliphatic heterocycles. The van der Waals surface area contributed by atoms with Crippen LogP contribution in [0.25, 0.3) is 22.3 Å². The van der Waals surface area contributed by atoms with Crippen LogP contribution in [0.2, 0.25) is 5.02 Å². The van der Waals surface area contributed by atoms with Crippen LogP contribution < -0.4 is 10.6 Å². The number of aryl methyl sites for hydroxylation is 1. The van der Waals surface area contributed by atoms with E-state index in [0.717, 1.165) is 33.6 Å². The number of carbonyl (C=O) groups is 1. The second-order valence-electron chi connectivity index (χ2n) is 7.54. The number of fused-ring (bicyclic) bond motifs is 1. The van der Waals surface area contributed by atoms with E-state index in [-0.39, 0.29) is 12.1 Å². The first-order valence-corrected chi connectivity index (χ1v) is 10.2. The van der Waals surface area contributed by atoms with Gasteiger partial charge in [-0.3, -0.25) is 10.00 Å². The van der Waals surface area contributed by atoms with Crippen LogP contribution in [0.15, 0.2) is 59.0 Å². The van der Waals surface area contributed by atoms with Crippen LogP contribution in [0.3, 0.4) is 0 Å². The Morgan fingerprint density at radius 1 is 1.17 bits per heavy atom. The normalized spacial score (nSPS) is 11.2. The molecule has 4 aromatic rings. The van der Waals surface area contributed by atoms with Crippen molar-refractivity contribution in [2.45, 2.75) is 33.4 Å². The van der Waals surface area contributed by atoms with Gasteiger partial charge >= 0.3 is 6.03 Å². The topological polar surface area (TPSA) is 72.1 Å². The first kappa shape index (κ1) is 20.0. The second-order valence-corrected chi connectivity index (χ2v) is 7.98. The molecule has 0 unspecified atom stereocenters. The maximum Gasteiger partial charge on any atom is 0.320 e. The van der Waals surface area contributed by atoms with Crippen LogP contribution in [-0.2, 0) is 6.54 Å². The van der Waals surface area contributed by atoms with Gasteiger partial charge in [0.1, 0.15) is 11.3 Å². The lowest BCUT2D eigenvalue weighted by molar-refractivity contribution is 0.250. The van der Waals surface area contributed by atoms with Gasteiger partial charge < -0.3 is 9.73 Å². The summed E-state index contributed by atoms with van der Waals surface area (Å²) in [4.78, 5) is 12.0. The fourth-order valence-electron chi connectivity index (χ4n) is 3.35. The third kappa shape index (κ3) is 4.33. The summed E-state index contributed by atoms with van der Waals surface area (Å²) in [6.45, 7) is 6.22. The largest absolute Gasteiger partial charge is 0.456 e. The Balaban J connectivity index is 1.64. The van der Waals surface area contributed by atoms with Gasteiger partial charge in [-0.25, -0.2) is 4.79 Å². The molecule has 30 heavy (non-hydrogen) atoms. The first-order chi connectivity index (χ1) is 14.4. The van der Waals surface area contributed by atoms with Crippen LogP contribution in [0.5, 0.6) is 0 Å². The number of benzene rings is 2. The molecule has 2 aromatic carbocycles. The summed E-state index contributed by atoms with van der Waals surface area (Å²) >= 11 is 6.37. The van der Waals surface area contributed by atoms with Crippen molar-refractivity contribution in [3.63, 3.8) is 0 Å². The quantitative estimate of drug-likeness (QED) is 0.424. The molecule has 0 spiro atoms. The van der Waals surface area contributed by atoms with E-state index in [9.17, 15) is 4.79 Å². The van der Waals surface area contributed by atoms with Gasteiger partial charge in [-0.1, -0.05) is 41.9 Å². The molecular weight excluding hydrogens is 400 g/mol. The number of aromatic nitrogens is 2. The standard InChI is InChI=1S/C23H23ClN4O2/c1-14(2)25-23(29)26-21-9-15(3)28(27-21)13-18-11-19(24)10-17-12-20(30-22(17)18)16-7-5-4-6-8-16/h4-12,14H,13H2,1-3H3,(H2,25,26,27,29). The molecule has 2 heterocycles. The molecule has 7 heteroatoms. The van der Waals surface area contributed by atoms with E-state index in [0.29, 0.717) is 17.4 Å². The molecule has 4 rings (SSSR count). The summed E-state index contributed by atoms with van der Waals surface area (Å²) in [6, 6.07) is 17.3. The average Bonchev–Trinajstić information content (AvgIpc) is 3.25. The second kappa shape index (κ2) is 8.24. The zero-order valence-electron chi connectivity index (χ0n) is 17.1. The highest BCUT2D eigenvalue weighted by Gasteiger charge is 2.14. The monoisotopic (exact) mass is 422 g/mol. The van der Waals surface area contributed by atoms with Crippen LogP contribution in [0, 0.1) is 6.92 Å². The van der Waals surface area contributed by atoms with Crippen LogP contribution >= 0.6 is 11.6 Å². The number of nitrogens with zero attached hydrogens (tertiary/aromatic N) is 2. The van der Waals surface area contributed by atoms with Crippen LogP contribution in [-0.4, -0.2) is 21.9 Å². The predicted octanol–water partition coefficient (Wildman–Crippen LogP) is 5.84. The molecule has 0 saturated carbocycles. The minimum atomic E-state index is -0.279. The minimum Gasteiger partial charge on any atom is -0.456 e. The van der Waals surface area contributed by atoms with E-state index in [1.165, 1.54) is 0 Å². The number of nitrogens with one attached hydrogen (secondary N) is 2. The molecule has 0 saturated heterocycles. The molecular formula is C23H23ClN4O2. The number of amides is 2. The molecule has 0 atom stereocenters. The number of urea groups is 1. The fourth-order valence-corrected chi connectivity index (χ4v) is 3.60. The lowest BCUT2D eigenvalue weighted by Crippen LogP contribution is -2.34.